The number of aromatic nitrogens is 2. The van der Waals surface area contributed by atoms with Crippen LogP contribution in [0.15, 0.2) is 116 Å². The number of pyridine rings is 1. The number of hydrogen-bond acceptors (Lipinski definition) is 1. The lowest BCUT2D eigenvalue weighted by molar-refractivity contribution is 1.13. The average molecular weight is 439 g/mol. The number of para-hydroxylation sites is 1. The zero-order valence-electron chi connectivity index (χ0n) is 19.3. The van der Waals surface area contributed by atoms with E-state index < -0.39 is 0 Å². The minimum atomic E-state index is 0.930. The van der Waals surface area contributed by atoms with Gasteiger partial charge >= 0.3 is 0 Å². The fourth-order valence-electron chi connectivity index (χ4n) is 4.81. The Kier molecular flexibility index (Phi) is 5.20. The number of aryl methyl sites for hydroxylation is 1. The lowest BCUT2D eigenvalue weighted by Gasteiger charge is -2.09. The van der Waals surface area contributed by atoms with Crippen molar-refractivity contribution in [2.24, 2.45) is 0 Å². The quantitative estimate of drug-likeness (QED) is 0.270. The molecular formula is C32H26N2. The Morgan fingerprint density at radius 1 is 0.559 bits per heavy atom. The number of benzene rings is 4. The molecule has 0 unspecified atom stereocenters. The van der Waals surface area contributed by atoms with E-state index >= 15 is 0 Å². The summed E-state index contributed by atoms with van der Waals surface area (Å²) >= 11 is 0. The topological polar surface area (TPSA) is 17.8 Å². The lowest BCUT2D eigenvalue weighted by Crippen LogP contribution is -1.95. The summed E-state index contributed by atoms with van der Waals surface area (Å²) in [7, 11) is 0. The van der Waals surface area contributed by atoms with Crippen LogP contribution >= 0.6 is 0 Å². The zero-order chi connectivity index (χ0) is 22.9. The third-order valence-corrected chi connectivity index (χ3v) is 6.63. The van der Waals surface area contributed by atoms with Gasteiger partial charge in [-0.05, 0) is 66.3 Å². The van der Waals surface area contributed by atoms with Gasteiger partial charge in [0.1, 0.15) is 0 Å². The Hall–Kier alpha value is -4.17. The van der Waals surface area contributed by atoms with E-state index in [1.165, 1.54) is 44.1 Å². The van der Waals surface area contributed by atoms with E-state index in [2.05, 4.69) is 120 Å². The van der Waals surface area contributed by atoms with Crippen LogP contribution in [-0.2, 0) is 12.8 Å². The van der Waals surface area contributed by atoms with Gasteiger partial charge in [0.2, 0.25) is 0 Å². The summed E-state index contributed by atoms with van der Waals surface area (Å²) in [5.74, 6) is 0. The second kappa shape index (κ2) is 8.64. The molecule has 0 saturated heterocycles. The molecule has 6 rings (SSSR count). The highest BCUT2D eigenvalue weighted by Crippen LogP contribution is 2.31. The first-order valence-electron chi connectivity index (χ1n) is 11.8. The normalized spacial score (nSPS) is 11.3. The molecule has 0 bridgehead atoms. The van der Waals surface area contributed by atoms with Crippen molar-refractivity contribution in [1.82, 2.24) is 9.55 Å². The van der Waals surface area contributed by atoms with Gasteiger partial charge in [-0.15, -0.1) is 0 Å². The van der Waals surface area contributed by atoms with Crippen LogP contribution in [0.3, 0.4) is 0 Å². The smallest absolute Gasteiger partial charge is 0.0724 e. The third kappa shape index (κ3) is 3.88. The van der Waals surface area contributed by atoms with Gasteiger partial charge in [0.15, 0.2) is 0 Å². The van der Waals surface area contributed by atoms with E-state index in [1.807, 2.05) is 12.4 Å². The first-order chi connectivity index (χ1) is 16.7. The van der Waals surface area contributed by atoms with E-state index in [-0.39, 0.29) is 0 Å². The molecule has 0 aliphatic carbocycles. The van der Waals surface area contributed by atoms with Gasteiger partial charge in [-0.25, -0.2) is 0 Å². The van der Waals surface area contributed by atoms with Gasteiger partial charge in [-0.3, -0.25) is 4.98 Å². The highest BCUT2D eigenvalue weighted by molar-refractivity contribution is 6.08. The van der Waals surface area contributed by atoms with Crippen molar-refractivity contribution in [3.8, 4) is 5.69 Å². The molecule has 0 spiro atoms. The van der Waals surface area contributed by atoms with E-state index in [1.54, 1.807) is 0 Å². The molecule has 164 valence electrons. The van der Waals surface area contributed by atoms with Crippen molar-refractivity contribution in [2.45, 2.75) is 19.8 Å². The van der Waals surface area contributed by atoms with Crippen LogP contribution in [0, 0.1) is 6.92 Å². The lowest BCUT2D eigenvalue weighted by atomic mass is 10.00. The minimum absolute atomic E-state index is 0.930. The molecule has 2 heteroatoms. The van der Waals surface area contributed by atoms with Gasteiger partial charge < -0.3 is 4.57 Å². The van der Waals surface area contributed by atoms with Crippen molar-refractivity contribution >= 4 is 21.8 Å². The van der Waals surface area contributed by atoms with Crippen LogP contribution in [0.2, 0.25) is 0 Å². The van der Waals surface area contributed by atoms with E-state index in [0.29, 0.717) is 0 Å². The Balaban J connectivity index is 1.23. The van der Waals surface area contributed by atoms with E-state index in [0.717, 1.165) is 24.0 Å². The molecule has 0 amide bonds. The highest BCUT2D eigenvalue weighted by Gasteiger charge is 2.11. The molecule has 0 aliphatic rings. The van der Waals surface area contributed by atoms with Crippen LogP contribution < -0.4 is 0 Å². The molecule has 6 aromatic rings. The molecule has 0 atom stereocenters. The SMILES string of the molecule is Cc1ccc(Cc2ccc(Cc3ccc(-n4c5ccccc5c5ccncc54)cc3)cc2)cc1. The predicted molar refractivity (Wildman–Crippen MR) is 142 cm³/mol. The second-order valence-corrected chi connectivity index (χ2v) is 9.07. The number of fused-ring (bicyclic) bond motifs is 3. The van der Waals surface area contributed by atoms with Crippen molar-refractivity contribution < 1.29 is 0 Å². The summed E-state index contributed by atoms with van der Waals surface area (Å²) < 4.78 is 2.31. The van der Waals surface area contributed by atoms with Gasteiger partial charge in [-0.1, -0.05) is 84.4 Å². The highest BCUT2D eigenvalue weighted by atomic mass is 15.0. The van der Waals surface area contributed by atoms with Crippen LogP contribution in [0.4, 0.5) is 0 Å². The van der Waals surface area contributed by atoms with Crippen molar-refractivity contribution in [3.63, 3.8) is 0 Å². The predicted octanol–water partition coefficient (Wildman–Crippen LogP) is 7.67. The molecular weight excluding hydrogens is 412 g/mol. The fraction of sp³-hybridized carbons (Fsp3) is 0.0938. The van der Waals surface area contributed by atoms with Crippen molar-refractivity contribution in [2.75, 3.05) is 0 Å². The van der Waals surface area contributed by atoms with Crippen LogP contribution in [0.5, 0.6) is 0 Å². The molecule has 2 nitrogen and oxygen atoms in total. The minimum Gasteiger partial charge on any atom is -0.308 e. The van der Waals surface area contributed by atoms with Crippen LogP contribution in [0.25, 0.3) is 27.5 Å². The first kappa shape index (κ1) is 20.4. The zero-order valence-corrected chi connectivity index (χ0v) is 19.3. The maximum Gasteiger partial charge on any atom is 0.0724 e. The molecule has 2 heterocycles. The van der Waals surface area contributed by atoms with E-state index in [9.17, 15) is 0 Å². The maximum absolute atomic E-state index is 4.38. The summed E-state index contributed by atoms with van der Waals surface area (Å²) in [5, 5.41) is 2.50. The molecule has 0 aliphatic heterocycles. The molecule has 4 aromatic carbocycles. The number of nitrogens with zero attached hydrogens (tertiary/aromatic N) is 2. The molecule has 0 fully saturated rings. The summed E-state index contributed by atoms with van der Waals surface area (Å²) in [4.78, 5) is 4.38. The number of hydrogen-bond donors (Lipinski definition) is 0. The Bertz CT molecular complexity index is 1520. The molecule has 2 aromatic heterocycles. The fourth-order valence-corrected chi connectivity index (χ4v) is 4.81. The summed E-state index contributed by atoms with van der Waals surface area (Å²) in [6.45, 7) is 2.13. The van der Waals surface area contributed by atoms with Gasteiger partial charge in [0, 0.05) is 22.7 Å². The summed E-state index contributed by atoms with van der Waals surface area (Å²) in [5.41, 5.74) is 10.2. The Labute approximate surface area is 200 Å². The van der Waals surface area contributed by atoms with Gasteiger partial charge in [0.25, 0.3) is 0 Å². The largest absolute Gasteiger partial charge is 0.308 e. The Morgan fingerprint density at radius 3 is 1.74 bits per heavy atom. The van der Waals surface area contributed by atoms with Crippen molar-refractivity contribution in [1.29, 1.82) is 0 Å². The van der Waals surface area contributed by atoms with Crippen LogP contribution in [-0.4, -0.2) is 9.55 Å². The van der Waals surface area contributed by atoms with Gasteiger partial charge in [-0.2, -0.15) is 0 Å². The van der Waals surface area contributed by atoms with Crippen molar-refractivity contribution in [3.05, 3.63) is 143 Å². The standard InChI is InChI=1S/C32H26N2/c1-23-6-8-24(9-7-23)20-25-10-12-26(13-11-25)21-27-14-16-28(17-15-27)34-31-5-3-2-4-29(31)30-18-19-33-22-32(30)34/h2-19,22H,20-21H2,1H3. The molecule has 0 saturated carbocycles. The third-order valence-electron chi connectivity index (χ3n) is 6.63. The van der Waals surface area contributed by atoms with E-state index in [4.69, 9.17) is 0 Å². The number of rotatable bonds is 5. The maximum atomic E-state index is 4.38. The monoisotopic (exact) mass is 438 g/mol. The molecule has 0 N–H and O–H groups in total. The Morgan fingerprint density at radius 2 is 1.09 bits per heavy atom. The van der Waals surface area contributed by atoms with Crippen LogP contribution in [0.1, 0.15) is 27.8 Å². The summed E-state index contributed by atoms with van der Waals surface area (Å²) in [6, 6.07) is 37.4. The molecule has 0 radical (unpaired) electrons. The average Bonchev–Trinajstić information content (AvgIpc) is 3.22. The van der Waals surface area contributed by atoms with Gasteiger partial charge in [0.05, 0.1) is 17.2 Å². The summed E-state index contributed by atoms with van der Waals surface area (Å²) in [6.07, 6.45) is 5.73. The first-order valence-corrected chi connectivity index (χ1v) is 11.8. The molecule has 34 heavy (non-hydrogen) atoms. The second-order valence-electron chi connectivity index (χ2n) is 9.07.